The zero-order valence-corrected chi connectivity index (χ0v) is 7.28. The highest BCUT2D eigenvalue weighted by Gasteiger charge is 2.07. The Morgan fingerprint density at radius 3 is 3.00 bits per heavy atom. The Morgan fingerprint density at radius 2 is 2.50 bits per heavy atom. The molecule has 4 nitrogen and oxygen atoms in total. The minimum absolute atomic E-state index is 0.565. The Morgan fingerprint density at radius 1 is 1.75 bits per heavy atom. The molecule has 1 aromatic rings. The molecule has 0 amide bonds. The van der Waals surface area contributed by atoms with Gasteiger partial charge in [-0.25, -0.2) is 4.98 Å². The highest BCUT2D eigenvalue weighted by Crippen LogP contribution is 2.11. The van der Waals surface area contributed by atoms with Crippen molar-refractivity contribution in [3.63, 3.8) is 0 Å². The number of aromatic nitrogens is 1. The molecule has 0 aromatic carbocycles. The lowest BCUT2D eigenvalue weighted by Crippen LogP contribution is -1.96. The first kappa shape index (κ1) is 9.22. The fourth-order valence-electron chi connectivity index (χ4n) is 0.821. The van der Waals surface area contributed by atoms with Gasteiger partial charge in [0.15, 0.2) is 5.89 Å². The quantitative estimate of drug-likeness (QED) is 0.731. The highest BCUT2D eigenvalue weighted by molar-refractivity contribution is 4.99. The molecule has 0 saturated carbocycles. The van der Waals surface area contributed by atoms with Crippen LogP contribution in [-0.4, -0.2) is 23.8 Å². The second-order valence-corrected chi connectivity index (χ2v) is 2.58. The summed E-state index contributed by atoms with van der Waals surface area (Å²) < 4.78 is 9.93. The Labute approximate surface area is 71.2 Å². The monoisotopic (exact) mass is 171 g/mol. The number of ether oxygens (including phenoxy) is 1. The molecular formula is C8H13NO3. The van der Waals surface area contributed by atoms with E-state index in [2.05, 4.69) is 4.98 Å². The summed E-state index contributed by atoms with van der Waals surface area (Å²) in [4.78, 5) is 4.05. The second-order valence-electron chi connectivity index (χ2n) is 2.58. The van der Waals surface area contributed by atoms with Crippen LogP contribution in [0, 0.1) is 0 Å². The molecule has 68 valence electrons. The van der Waals surface area contributed by atoms with E-state index in [4.69, 9.17) is 14.3 Å². The van der Waals surface area contributed by atoms with Crippen molar-refractivity contribution >= 4 is 0 Å². The van der Waals surface area contributed by atoms with Gasteiger partial charge in [-0.2, -0.15) is 0 Å². The van der Waals surface area contributed by atoms with Crippen molar-refractivity contribution < 1.29 is 14.3 Å². The van der Waals surface area contributed by atoms with E-state index in [-0.39, 0.29) is 0 Å². The van der Waals surface area contributed by atoms with Crippen LogP contribution in [0.15, 0.2) is 10.7 Å². The molecule has 0 saturated heterocycles. The van der Waals surface area contributed by atoms with Gasteiger partial charge in [0.2, 0.25) is 0 Å². The molecule has 0 radical (unpaired) electrons. The van der Waals surface area contributed by atoms with Crippen molar-refractivity contribution in [2.45, 2.75) is 19.4 Å². The van der Waals surface area contributed by atoms with E-state index in [0.717, 1.165) is 0 Å². The summed E-state index contributed by atoms with van der Waals surface area (Å²) in [6, 6.07) is 0. The minimum atomic E-state index is -0.565. The largest absolute Gasteiger partial charge is 0.449 e. The van der Waals surface area contributed by atoms with Crippen LogP contribution < -0.4 is 0 Å². The van der Waals surface area contributed by atoms with Crippen molar-refractivity contribution in [1.82, 2.24) is 4.98 Å². The van der Waals surface area contributed by atoms with E-state index in [9.17, 15) is 0 Å². The number of hydrogen-bond donors (Lipinski definition) is 1. The Balaban J connectivity index is 2.52. The number of hydrogen-bond acceptors (Lipinski definition) is 4. The van der Waals surface area contributed by atoms with Crippen LogP contribution in [0.5, 0.6) is 0 Å². The van der Waals surface area contributed by atoms with E-state index in [1.165, 1.54) is 6.26 Å². The lowest BCUT2D eigenvalue weighted by atomic mass is 10.3. The van der Waals surface area contributed by atoms with E-state index in [1.54, 1.807) is 14.0 Å². The van der Waals surface area contributed by atoms with E-state index >= 15 is 0 Å². The predicted molar refractivity (Wildman–Crippen MR) is 42.7 cm³/mol. The van der Waals surface area contributed by atoms with Gasteiger partial charge in [0.1, 0.15) is 12.0 Å². The first-order valence-corrected chi connectivity index (χ1v) is 3.85. The highest BCUT2D eigenvalue weighted by atomic mass is 16.5. The summed E-state index contributed by atoms with van der Waals surface area (Å²) in [7, 11) is 1.62. The van der Waals surface area contributed by atoms with E-state index in [0.29, 0.717) is 24.6 Å². The van der Waals surface area contributed by atoms with Crippen LogP contribution in [0.4, 0.5) is 0 Å². The zero-order valence-electron chi connectivity index (χ0n) is 7.28. The molecule has 1 rings (SSSR count). The van der Waals surface area contributed by atoms with Crippen molar-refractivity contribution in [2.75, 3.05) is 13.7 Å². The maximum absolute atomic E-state index is 9.11. The summed E-state index contributed by atoms with van der Waals surface area (Å²) in [5.74, 6) is 0.604. The predicted octanol–water partition coefficient (Wildman–Crippen LogP) is 0.917. The first-order chi connectivity index (χ1) is 5.74. The normalized spacial score (nSPS) is 13.2. The van der Waals surface area contributed by atoms with Gasteiger partial charge >= 0.3 is 0 Å². The van der Waals surface area contributed by atoms with Crippen LogP contribution in [-0.2, 0) is 11.2 Å². The number of methoxy groups -OCH3 is 1. The van der Waals surface area contributed by atoms with Crippen molar-refractivity contribution in [1.29, 1.82) is 0 Å². The number of aliphatic hydroxyl groups is 1. The lowest BCUT2D eigenvalue weighted by molar-refractivity contribution is 0.192. The van der Waals surface area contributed by atoms with Crippen LogP contribution in [0.2, 0.25) is 0 Å². The average Bonchev–Trinajstić information content (AvgIpc) is 2.48. The van der Waals surface area contributed by atoms with Crippen LogP contribution in [0.3, 0.4) is 0 Å². The molecule has 0 bridgehead atoms. The van der Waals surface area contributed by atoms with Gasteiger partial charge in [-0.1, -0.05) is 0 Å². The standard InChI is InChI=1S/C8H13NO3/c1-6(10)7-5-12-8(9-7)3-4-11-2/h5-6,10H,3-4H2,1-2H3. The van der Waals surface area contributed by atoms with Crippen molar-refractivity contribution in [3.05, 3.63) is 17.8 Å². The molecule has 1 heterocycles. The fourth-order valence-corrected chi connectivity index (χ4v) is 0.821. The van der Waals surface area contributed by atoms with Crippen molar-refractivity contribution in [3.8, 4) is 0 Å². The third-order valence-corrected chi connectivity index (χ3v) is 1.52. The minimum Gasteiger partial charge on any atom is -0.449 e. The fraction of sp³-hybridized carbons (Fsp3) is 0.625. The third kappa shape index (κ3) is 2.32. The molecule has 0 aliphatic rings. The summed E-state index contributed by atoms with van der Waals surface area (Å²) in [6.07, 6.45) is 1.55. The maximum atomic E-state index is 9.11. The Kier molecular flexibility index (Phi) is 3.25. The molecule has 1 N–H and O–H groups in total. The molecule has 0 aliphatic heterocycles. The molecule has 12 heavy (non-hydrogen) atoms. The lowest BCUT2D eigenvalue weighted by Gasteiger charge is -1.94. The average molecular weight is 171 g/mol. The molecule has 0 aliphatic carbocycles. The van der Waals surface area contributed by atoms with E-state index < -0.39 is 6.10 Å². The molecule has 4 heteroatoms. The summed E-state index contributed by atoms with van der Waals surface area (Å²) in [5.41, 5.74) is 0.570. The summed E-state index contributed by atoms with van der Waals surface area (Å²) in [5, 5.41) is 9.11. The smallest absolute Gasteiger partial charge is 0.196 e. The molecule has 0 fully saturated rings. The first-order valence-electron chi connectivity index (χ1n) is 3.85. The van der Waals surface area contributed by atoms with Gasteiger partial charge in [0.25, 0.3) is 0 Å². The molecule has 1 aromatic heterocycles. The van der Waals surface area contributed by atoms with Crippen LogP contribution in [0.1, 0.15) is 24.6 Å². The molecule has 1 unspecified atom stereocenters. The zero-order chi connectivity index (χ0) is 8.97. The second kappa shape index (κ2) is 4.23. The van der Waals surface area contributed by atoms with Gasteiger partial charge < -0.3 is 14.3 Å². The Hall–Kier alpha value is -0.870. The van der Waals surface area contributed by atoms with Crippen LogP contribution in [0.25, 0.3) is 0 Å². The molecule has 0 spiro atoms. The maximum Gasteiger partial charge on any atom is 0.196 e. The summed E-state index contributed by atoms with van der Waals surface area (Å²) in [6.45, 7) is 2.23. The van der Waals surface area contributed by atoms with E-state index in [1.807, 2.05) is 0 Å². The molecular weight excluding hydrogens is 158 g/mol. The van der Waals surface area contributed by atoms with Gasteiger partial charge in [0.05, 0.1) is 12.7 Å². The van der Waals surface area contributed by atoms with Gasteiger partial charge in [0, 0.05) is 13.5 Å². The van der Waals surface area contributed by atoms with Crippen LogP contribution >= 0.6 is 0 Å². The third-order valence-electron chi connectivity index (χ3n) is 1.52. The summed E-state index contributed by atoms with van der Waals surface area (Å²) >= 11 is 0. The SMILES string of the molecule is COCCc1nc(C(C)O)co1. The van der Waals surface area contributed by atoms with Crippen molar-refractivity contribution in [2.24, 2.45) is 0 Å². The topological polar surface area (TPSA) is 55.5 Å². The number of aliphatic hydroxyl groups excluding tert-OH is 1. The van der Waals surface area contributed by atoms with Gasteiger partial charge in [-0.15, -0.1) is 0 Å². The number of rotatable bonds is 4. The van der Waals surface area contributed by atoms with Gasteiger partial charge in [-0.3, -0.25) is 0 Å². The van der Waals surface area contributed by atoms with Gasteiger partial charge in [-0.05, 0) is 6.92 Å². The Bertz CT molecular complexity index is 232. The molecule has 1 atom stereocenters. The number of oxazole rings is 1. The number of nitrogens with zero attached hydrogens (tertiary/aromatic N) is 1.